The minimum atomic E-state index is -1.15. The standard InChI is InChI=1S/C44H32N2O2P2/c47-43-35-25-15-29-39(49(31-17-5-1-6-18-31)32-19-7-2-8-20-32)41(35)42-36(44(48)46-38-28-14-13-27-37(38)45-43)26-16-30-40(42)50(33-21-9-3-10-22-33)34-23-11-4-12-24-34/h1-30H,(H,45,47)(H,46,48). The molecular weight excluding hydrogens is 650 g/mol. The van der Waals surface area contributed by atoms with E-state index in [-0.39, 0.29) is 11.1 Å². The van der Waals surface area contributed by atoms with Gasteiger partial charge in [-0.05, 0) is 71.9 Å². The Labute approximate surface area is 292 Å². The van der Waals surface area contributed by atoms with Crippen molar-refractivity contribution < 1.29 is 0 Å². The maximum absolute atomic E-state index is 14.6. The van der Waals surface area contributed by atoms with Crippen LogP contribution < -0.4 is 42.9 Å². The average molecular weight is 683 g/mol. The van der Waals surface area contributed by atoms with Gasteiger partial charge in [-0.25, -0.2) is 0 Å². The summed E-state index contributed by atoms with van der Waals surface area (Å²) in [7, 11) is -2.30. The highest BCUT2D eigenvalue weighted by Crippen LogP contribution is 2.40. The van der Waals surface area contributed by atoms with Crippen LogP contribution in [0.1, 0.15) is 0 Å². The van der Waals surface area contributed by atoms with Gasteiger partial charge in [0, 0.05) is 21.5 Å². The zero-order valence-corrected chi connectivity index (χ0v) is 28.8. The van der Waals surface area contributed by atoms with Gasteiger partial charge in [0.2, 0.25) is 0 Å². The van der Waals surface area contributed by atoms with E-state index in [1.54, 1.807) is 0 Å². The minimum Gasteiger partial charge on any atom is -0.320 e. The van der Waals surface area contributed by atoms with Crippen molar-refractivity contribution in [3.05, 3.63) is 203 Å². The summed E-state index contributed by atoms with van der Waals surface area (Å²) in [6, 6.07) is 61.3. The van der Waals surface area contributed by atoms with Crippen molar-refractivity contribution >= 4 is 80.2 Å². The van der Waals surface area contributed by atoms with Gasteiger partial charge in [0.05, 0.1) is 11.0 Å². The molecule has 0 atom stereocenters. The van der Waals surface area contributed by atoms with Gasteiger partial charge in [-0.3, -0.25) is 9.59 Å². The molecule has 6 heteroatoms. The van der Waals surface area contributed by atoms with Gasteiger partial charge < -0.3 is 9.97 Å². The van der Waals surface area contributed by atoms with Crippen LogP contribution in [0, 0.1) is 0 Å². The van der Waals surface area contributed by atoms with Crippen LogP contribution in [0.4, 0.5) is 0 Å². The van der Waals surface area contributed by atoms with Crippen LogP contribution in [0.15, 0.2) is 192 Å². The van der Waals surface area contributed by atoms with Crippen LogP contribution in [0.3, 0.4) is 0 Å². The van der Waals surface area contributed by atoms with E-state index in [0.717, 1.165) is 42.6 Å². The van der Waals surface area contributed by atoms with Gasteiger partial charge >= 0.3 is 0 Å². The lowest BCUT2D eigenvalue weighted by atomic mass is 10.1. The second-order valence-corrected chi connectivity index (χ2v) is 16.2. The summed E-state index contributed by atoms with van der Waals surface area (Å²) < 4.78 is 0. The van der Waals surface area contributed by atoms with Crippen molar-refractivity contribution in [2.45, 2.75) is 0 Å². The first-order valence-electron chi connectivity index (χ1n) is 16.5. The topological polar surface area (TPSA) is 65.7 Å². The zero-order chi connectivity index (χ0) is 33.9. The lowest BCUT2D eigenvalue weighted by molar-refractivity contribution is 1.30. The Morgan fingerprint density at radius 1 is 0.320 bits per heavy atom. The van der Waals surface area contributed by atoms with E-state index in [0.29, 0.717) is 21.8 Å². The molecule has 0 amide bonds. The number of hydrogen-bond acceptors (Lipinski definition) is 2. The van der Waals surface area contributed by atoms with Gasteiger partial charge in [0.25, 0.3) is 11.1 Å². The van der Waals surface area contributed by atoms with Crippen LogP contribution in [-0.4, -0.2) is 9.97 Å². The van der Waals surface area contributed by atoms with E-state index >= 15 is 0 Å². The molecular formula is C44H32N2O2P2. The number of rotatable bonds is 6. The first-order chi connectivity index (χ1) is 24.7. The van der Waals surface area contributed by atoms with Crippen molar-refractivity contribution in [3.8, 4) is 0 Å². The molecule has 0 unspecified atom stereocenters. The van der Waals surface area contributed by atoms with Crippen LogP contribution in [0.2, 0.25) is 0 Å². The molecule has 0 aliphatic heterocycles. The number of H-pyrrole nitrogens is 2. The summed E-state index contributed by atoms with van der Waals surface area (Å²) in [4.78, 5) is 35.6. The fourth-order valence-corrected chi connectivity index (χ4v) is 11.6. The molecule has 8 aromatic rings. The molecule has 2 N–H and O–H groups in total. The SMILES string of the molecule is O=c1[nH]c2ccccc2[nH]c(=O)c2cccc(P(c3ccccc3)c3ccccc3)c2c2c(P(c3ccccc3)c3ccccc3)cccc12. The van der Waals surface area contributed by atoms with Crippen molar-refractivity contribution in [2.24, 2.45) is 0 Å². The summed E-state index contributed by atoms with van der Waals surface area (Å²) >= 11 is 0. The Hall–Kier alpha value is -5.66. The number of nitrogens with one attached hydrogen (secondary N) is 2. The number of benzene rings is 7. The average Bonchev–Trinajstić information content (AvgIpc) is 3.17. The lowest BCUT2D eigenvalue weighted by Gasteiger charge is -2.24. The lowest BCUT2D eigenvalue weighted by Crippen LogP contribution is -2.25. The highest BCUT2D eigenvalue weighted by Gasteiger charge is 2.25. The first-order valence-corrected chi connectivity index (χ1v) is 19.1. The second-order valence-electron chi connectivity index (χ2n) is 11.9. The molecule has 4 nitrogen and oxygen atoms in total. The summed E-state index contributed by atoms with van der Waals surface area (Å²) in [6.07, 6.45) is 0. The maximum atomic E-state index is 14.6. The quantitative estimate of drug-likeness (QED) is 0.183. The molecule has 1 heterocycles. The Morgan fingerprint density at radius 3 is 0.940 bits per heavy atom. The van der Waals surface area contributed by atoms with Crippen molar-refractivity contribution in [2.75, 3.05) is 0 Å². The smallest absolute Gasteiger partial charge is 0.256 e. The number of para-hydroxylation sites is 2. The molecule has 50 heavy (non-hydrogen) atoms. The normalized spacial score (nSPS) is 11.3. The molecule has 1 aromatic heterocycles. The fourth-order valence-electron chi connectivity index (χ4n) is 6.60. The molecule has 0 fully saturated rings. The van der Waals surface area contributed by atoms with Crippen LogP contribution in [0.25, 0.3) is 32.6 Å². The third-order valence-electron chi connectivity index (χ3n) is 8.79. The maximum Gasteiger partial charge on any atom is 0.256 e. The highest BCUT2D eigenvalue weighted by atomic mass is 31.1. The third kappa shape index (κ3) is 6.05. The van der Waals surface area contributed by atoms with Gasteiger partial charge in [-0.15, -0.1) is 0 Å². The van der Waals surface area contributed by atoms with Gasteiger partial charge in [-0.2, -0.15) is 0 Å². The molecule has 0 saturated carbocycles. The summed E-state index contributed by atoms with van der Waals surface area (Å²) in [5.41, 5.74) is 0.633. The van der Waals surface area contributed by atoms with Crippen LogP contribution in [-0.2, 0) is 0 Å². The largest absolute Gasteiger partial charge is 0.320 e. The van der Waals surface area contributed by atoms with Crippen LogP contribution >= 0.6 is 15.8 Å². The van der Waals surface area contributed by atoms with Gasteiger partial charge in [0.15, 0.2) is 0 Å². The van der Waals surface area contributed by atoms with Crippen molar-refractivity contribution in [3.63, 3.8) is 0 Å². The van der Waals surface area contributed by atoms with E-state index in [4.69, 9.17) is 0 Å². The molecule has 0 saturated heterocycles. The minimum absolute atomic E-state index is 0.231. The van der Waals surface area contributed by atoms with E-state index in [1.807, 2.05) is 72.8 Å². The predicted octanol–water partition coefficient (Wildman–Crippen LogP) is 7.16. The van der Waals surface area contributed by atoms with Crippen molar-refractivity contribution in [1.82, 2.24) is 9.97 Å². The molecule has 0 spiro atoms. The number of aromatic amines is 2. The number of fused-ring (bicyclic) bond motifs is 4. The van der Waals surface area contributed by atoms with Crippen molar-refractivity contribution in [1.29, 1.82) is 0 Å². The fraction of sp³-hybridized carbons (Fsp3) is 0. The molecule has 0 aliphatic rings. The Kier molecular flexibility index (Phi) is 8.88. The number of hydrogen-bond donors (Lipinski definition) is 2. The zero-order valence-electron chi connectivity index (χ0n) is 27.0. The van der Waals surface area contributed by atoms with E-state index in [1.165, 1.54) is 0 Å². The summed E-state index contributed by atoms with van der Waals surface area (Å²) in [6.45, 7) is 0. The first kappa shape index (κ1) is 31.6. The molecule has 0 radical (unpaired) electrons. The highest BCUT2D eigenvalue weighted by molar-refractivity contribution is 7.81. The molecule has 0 aliphatic carbocycles. The van der Waals surface area contributed by atoms with E-state index < -0.39 is 15.8 Å². The van der Waals surface area contributed by atoms with E-state index in [9.17, 15) is 9.59 Å². The van der Waals surface area contributed by atoms with Crippen LogP contribution in [0.5, 0.6) is 0 Å². The predicted molar refractivity (Wildman–Crippen MR) is 215 cm³/mol. The Morgan fingerprint density at radius 2 is 0.620 bits per heavy atom. The third-order valence-corrected chi connectivity index (χ3v) is 13.8. The molecule has 0 bridgehead atoms. The Balaban J connectivity index is 1.65. The molecule has 240 valence electrons. The molecule has 7 aromatic carbocycles. The van der Waals surface area contributed by atoms with Gasteiger partial charge in [0.1, 0.15) is 0 Å². The molecule has 8 rings (SSSR count). The monoisotopic (exact) mass is 682 g/mol. The number of aromatic nitrogens is 2. The Bertz CT molecular complexity index is 2380. The summed E-state index contributed by atoms with van der Waals surface area (Å²) in [5, 5.41) is 9.25. The van der Waals surface area contributed by atoms with Gasteiger partial charge in [-0.1, -0.05) is 158 Å². The summed E-state index contributed by atoms with van der Waals surface area (Å²) in [5.74, 6) is 0. The van der Waals surface area contributed by atoms with E-state index in [2.05, 4.69) is 119 Å². The second kappa shape index (κ2) is 14.1.